The van der Waals surface area contributed by atoms with Gasteiger partial charge < -0.3 is 9.42 Å². The van der Waals surface area contributed by atoms with Crippen LogP contribution in [0.4, 0.5) is 0 Å². The van der Waals surface area contributed by atoms with Crippen molar-refractivity contribution in [2.45, 2.75) is 45.6 Å². The number of aromatic amines is 1. The Morgan fingerprint density at radius 3 is 2.54 bits per heavy atom. The van der Waals surface area contributed by atoms with Crippen molar-refractivity contribution in [3.05, 3.63) is 71.5 Å². The van der Waals surface area contributed by atoms with Crippen molar-refractivity contribution in [1.29, 1.82) is 0 Å². The topological polar surface area (TPSA) is 49.2 Å². The Hall–Kier alpha value is -1.89. The summed E-state index contributed by atoms with van der Waals surface area (Å²) in [5.74, 6) is 0.846. The number of hydrogen-bond donors (Lipinski definition) is 1. The molecule has 0 bridgehead atoms. The van der Waals surface area contributed by atoms with E-state index in [1.165, 1.54) is 26.5 Å². The molecule has 148 valence electrons. The maximum absolute atomic E-state index is 11.9. The summed E-state index contributed by atoms with van der Waals surface area (Å²) in [7, 11) is 2.17. The van der Waals surface area contributed by atoms with Crippen molar-refractivity contribution in [1.82, 2.24) is 10.1 Å². The van der Waals surface area contributed by atoms with Crippen LogP contribution in [0.5, 0.6) is 0 Å². The van der Waals surface area contributed by atoms with Crippen LogP contribution in [0.25, 0.3) is 5.57 Å². The zero-order chi connectivity index (χ0) is 19.7. The van der Waals surface area contributed by atoms with E-state index in [1.807, 2.05) is 22.7 Å². The molecule has 3 aromatic rings. The van der Waals surface area contributed by atoms with Gasteiger partial charge in [0.25, 0.3) is 5.56 Å². The van der Waals surface area contributed by atoms with Crippen LogP contribution in [0, 0.1) is 13.8 Å². The fourth-order valence-corrected chi connectivity index (χ4v) is 5.97. The first-order valence-electron chi connectivity index (χ1n) is 9.73. The second kappa shape index (κ2) is 8.23. The number of fused-ring (bicyclic) bond motifs is 1. The Morgan fingerprint density at radius 1 is 1.25 bits per heavy atom. The monoisotopic (exact) mass is 414 g/mol. The quantitative estimate of drug-likeness (QED) is 0.616. The second-order valence-electron chi connectivity index (χ2n) is 7.58. The Bertz CT molecular complexity index is 995. The maximum atomic E-state index is 11.9. The van der Waals surface area contributed by atoms with E-state index in [0.29, 0.717) is 6.04 Å². The molecule has 28 heavy (non-hydrogen) atoms. The lowest BCUT2D eigenvalue weighted by molar-refractivity contribution is 0.217. The van der Waals surface area contributed by atoms with Crippen LogP contribution in [-0.4, -0.2) is 29.7 Å². The van der Waals surface area contributed by atoms with Gasteiger partial charge in [-0.25, -0.2) is 0 Å². The molecule has 1 atom stereocenters. The zero-order valence-electron chi connectivity index (χ0n) is 16.6. The maximum Gasteiger partial charge on any atom is 0.283 e. The highest BCUT2D eigenvalue weighted by Gasteiger charge is 2.26. The highest BCUT2D eigenvalue weighted by molar-refractivity contribution is 7.14. The van der Waals surface area contributed by atoms with Gasteiger partial charge in [0.2, 0.25) is 0 Å². The van der Waals surface area contributed by atoms with Crippen LogP contribution in [-0.2, 0) is 12.8 Å². The van der Waals surface area contributed by atoms with Crippen molar-refractivity contribution >= 4 is 28.2 Å². The minimum atomic E-state index is -0.0587. The number of H-pyrrole nitrogens is 1. The van der Waals surface area contributed by atoms with E-state index in [-0.39, 0.29) is 5.56 Å². The molecule has 0 saturated carbocycles. The standard InChI is InChI=1S/C22H26N2O2S2/c1-14-8-11-27-20(14)17(21-15(2)9-12-28-21)5-4-10-24(3)16-6-7-19-18(13-16)22(25)23-26-19/h5,8-9,11-12,16H,4,6-7,10,13H2,1-3H3,(H,23,25)/t16-/m0/s1. The lowest BCUT2D eigenvalue weighted by atomic mass is 9.93. The SMILES string of the molecule is Cc1ccsc1C(=CCCN(C)[C@H]1CCc2o[nH]c(=O)c2C1)c1sccc1C. The zero-order valence-corrected chi connectivity index (χ0v) is 18.2. The molecule has 3 heterocycles. The van der Waals surface area contributed by atoms with E-state index in [0.717, 1.165) is 43.6 Å². The fraction of sp³-hybridized carbons (Fsp3) is 0.409. The predicted octanol–water partition coefficient (Wildman–Crippen LogP) is 5.02. The Balaban J connectivity index is 1.47. The Kier molecular flexibility index (Phi) is 5.71. The van der Waals surface area contributed by atoms with Crippen LogP contribution in [0.15, 0.2) is 38.3 Å². The Labute approximate surface area is 173 Å². The van der Waals surface area contributed by atoms with Gasteiger partial charge in [-0.2, -0.15) is 5.16 Å². The Morgan fingerprint density at radius 2 is 1.93 bits per heavy atom. The summed E-state index contributed by atoms with van der Waals surface area (Å²) < 4.78 is 5.27. The highest BCUT2D eigenvalue weighted by atomic mass is 32.1. The van der Waals surface area contributed by atoms with E-state index >= 15 is 0 Å². The number of aryl methyl sites for hydroxylation is 3. The van der Waals surface area contributed by atoms with E-state index in [2.05, 4.69) is 59.9 Å². The minimum Gasteiger partial charge on any atom is -0.383 e. The number of nitrogens with one attached hydrogen (secondary N) is 1. The van der Waals surface area contributed by atoms with E-state index in [4.69, 9.17) is 4.52 Å². The summed E-state index contributed by atoms with van der Waals surface area (Å²) in [5.41, 5.74) is 4.83. The smallest absolute Gasteiger partial charge is 0.283 e. The molecule has 4 rings (SSSR count). The second-order valence-corrected chi connectivity index (χ2v) is 9.42. The van der Waals surface area contributed by atoms with E-state index in [9.17, 15) is 4.79 Å². The van der Waals surface area contributed by atoms with Gasteiger partial charge in [0.05, 0.1) is 5.56 Å². The van der Waals surface area contributed by atoms with Crippen LogP contribution >= 0.6 is 22.7 Å². The van der Waals surface area contributed by atoms with Gasteiger partial charge in [0.15, 0.2) is 0 Å². The average molecular weight is 415 g/mol. The number of hydrogen-bond acceptors (Lipinski definition) is 5. The third kappa shape index (κ3) is 3.81. The molecular weight excluding hydrogens is 388 g/mol. The largest absolute Gasteiger partial charge is 0.383 e. The van der Waals surface area contributed by atoms with Crippen molar-refractivity contribution in [2.24, 2.45) is 0 Å². The molecule has 6 heteroatoms. The predicted molar refractivity (Wildman–Crippen MR) is 118 cm³/mol. The van der Waals surface area contributed by atoms with Crippen LogP contribution < -0.4 is 5.56 Å². The third-order valence-electron chi connectivity index (χ3n) is 5.69. The number of aromatic nitrogens is 1. The molecule has 1 aliphatic rings. The number of likely N-dealkylation sites (N-methyl/N-ethyl adjacent to an activating group) is 1. The molecule has 1 N–H and O–H groups in total. The third-order valence-corrected chi connectivity index (χ3v) is 7.79. The molecule has 0 amide bonds. The summed E-state index contributed by atoms with van der Waals surface area (Å²) in [6.07, 6.45) is 6.04. The molecule has 0 radical (unpaired) electrons. The summed E-state index contributed by atoms with van der Waals surface area (Å²) in [6, 6.07) is 4.80. The first-order valence-corrected chi connectivity index (χ1v) is 11.5. The van der Waals surface area contributed by atoms with Crippen molar-refractivity contribution in [3.8, 4) is 0 Å². The molecule has 0 saturated heterocycles. The number of rotatable bonds is 6. The van der Waals surface area contributed by atoms with Crippen LogP contribution in [0.2, 0.25) is 0 Å². The number of nitrogens with zero attached hydrogens (tertiary/aromatic N) is 1. The number of thiophene rings is 2. The molecule has 3 aromatic heterocycles. The summed E-state index contributed by atoms with van der Waals surface area (Å²) in [4.78, 5) is 17.0. The first-order chi connectivity index (χ1) is 13.5. The highest BCUT2D eigenvalue weighted by Crippen LogP contribution is 2.35. The first kappa shape index (κ1) is 19.4. The van der Waals surface area contributed by atoms with Gasteiger partial charge in [0.1, 0.15) is 5.76 Å². The molecule has 1 aliphatic carbocycles. The lowest BCUT2D eigenvalue weighted by Crippen LogP contribution is -2.38. The molecule has 0 aromatic carbocycles. The van der Waals surface area contributed by atoms with Gasteiger partial charge in [-0.05, 0) is 74.2 Å². The molecule has 4 nitrogen and oxygen atoms in total. The summed E-state index contributed by atoms with van der Waals surface area (Å²) >= 11 is 3.65. The van der Waals surface area contributed by atoms with Gasteiger partial charge in [-0.3, -0.25) is 4.79 Å². The van der Waals surface area contributed by atoms with Crippen molar-refractivity contribution < 1.29 is 4.52 Å². The molecule has 0 aliphatic heterocycles. The van der Waals surface area contributed by atoms with Crippen molar-refractivity contribution in [2.75, 3.05) is 13.6 Å². The summed E-state index contributed by atoms with van der Waals surface area (Å²) in [6.45, 7) is 5.36. The van der Waals surface area contributed by atoms with Gasteiger partial charge in [-0.15, -0.1) is 22.7 Å². The molecule has 0 spiro atoms. The van der Waals surface area contributed by atoms with E-state index in [1.54, 1.807) is 0 Å². The molecule has 0 fully saturated rings. The van der Waals surface area contributed by atoms with E-state index < -0.39 is 0 Å². The molecule has 0 unspecified atom stereocenters. The normalized spacial score (nSPS) is 16.4. The molecular formula is C22H26N2O2S2. The van der Waals surface area contributed by atoms with Gasteiger partial charge in [-0.1, -0.05) is 6.08 Å². The minimum absolute atomic E-state index is 0.0587. The lowest BCUT2D eigenvalue weighted by Gasteiger charge is -2.29. The average Bonchev–Trinajstić information content (AvgIpc) is 3.40. The van der Waals surface area contributed by atoms with Gasteiger partial charge >= 0.3 is 0 Å². The van der Waals surface area contributed by atoms with Crippen molar-refractivity contribution in [3.63, 3.8) is 0 Å². The summed E-state index contributed by atoms with van der Waals surface area (Å²) in [5, 5.41) is 6.83. The van der Waals surface area contributed by atoms with Gasteiger partial charge in [0, 0.05) is 34.3 Å². The van der Waals surface area contributed by atoms with Crippen LogP contribution in [0.3, 0.4) is 0 Å². The fourth-order valence-electron chi connectivity index (χ4n) is 3.96. The van der Waals surface area contributed by atoms with Crippen LogP contribution in [0.1, 0.15) is 45.0 Å².